The van der Waals surface area contributed by atoms with Gasteiger partial charge in [0.15, 0.2) is 5.78 Å². The topological polar surface area (TPSA) is 38.8 Å². The molecule has 0 saturated carbocycles. The van der Waals surface area contributed by atoms with Crippen LogP contribution in [-0.4, -0.2) is 50.6 Å². The Kier molecular flexibility index (Phi) is 5.76. The molecule has 0 radical (unpaired) electrons. The summed E-state index contributed by atoms with van der Waals surface area (Å²) >= 11 is 0. The number of Topliss-reactive ketones (excluding diaryl/α,β-unsaturated/α-hetero) is 1. The minimum absolute atomic E-state index is 0.0851. The molecule has 2 atom stereocenters. The molecule has 1 aliphatic heterocycles. The number of hydrogen-bond acceptors (Lipinski definition) is 4. The first-order valence-corrected chi connectivity index (χ1v) is 7.57. The van der Waals surface area contributed by atoms with Gasteiger partial charge in [-0.15, -0.1) is 0 Å². The largest absolute Gasteiger partial charge is 0.497 e. The second-order valence-corrected chi connectivity index (χ2v) is 5.73. The van der Waals surface area contributed by atoms with Crippen LogP contribution in [0.1, 0.15) is 30.1 Å². The molecule has 0 aliphatic carbocycles. The van der Waals surface area contributed by atoms with Crippen molar-refractivity contribution in [3.63, 3.8) is 0 Å². The van der Waals surface area contributed by atoms with Crippen molar-refractivity contribution in [2.75, 3.05) is 33.9 Å². The quantitative estimate of drug-likeness (QED) is 0.755. The van der Waals surface area contributed by atoms with Crippen LogP contribution in [0.4, 0.5) is 0 Å². The van der Waals surface area contributed by atoms with Gasteiger partial charge in [-0.05, 0) is 56.5 Å². The zero-order valence-electron chi connectivity index (χ0n) is 13.2. The van der Waals surface area contributed by atoms with Crippen molar-refractivity contribution in [3.05, 3.63) is 29.8 Å². The summed E-state index contributed by atoms with van der Waals surface area (Å²) in [4.78, 5) is 14.9. The van der Waals surface area contributed by atoms with Gasteiger partial charge in [0.25, 0.3) is 0 Å². The van der Waals surface area contributed by atoms with E-state index in [9.17, 15) is 4.79 Å². The third-order valence-electron chi connectivity index (χ3n) is 4.25. The number of carbonyl (C=O) groups is 1. The number of nitrogens with zero attached hydrogens (tertiary/aromatic N) is 1. The number of ether oxygens (including phenoxy) is 2. The highest BCUT2D eigenvalue weighted by atomic mass is 16.5. The molecule has 0 spiro atoms. The third-order valence-corrected chi connectivity index (χ3v) is 4.25. The Bertz CT molecular complexity index is 456. The van der Waals surface area contributed by atoms with Gasteiger partial charge in [-0.3, -0.25) is 9.69 Å². The number of methoxy groups -OCH3 is 2. The van der Waals surface area contributed by atoms with E-state index in [0.29, 0.717) is 5.92 Å². The molecule has 1 aromatic rings. The summed E-state index contributed by atoms with van der Waals surface area (Å²) in [6.45, 7) is 4.71. The van der Waals surface area contributed by atoms with Crippen LogP contribution in [-0.2, 0) is 4.74 Å². The van der Waals surface area contributed by atoms with E-state index >= 15 is 0 Å². The molecule has 1 heterocycles. The lowest BCUT2D eigenvalue weighted by molar-refractivity contribution is 0.0595. The Morgan fingerprint density at radius 3 is 2.67 bits per heavy atom. The summed E-state index contributed by atoms with van der Waals surface area (Å²) in [6, 6.07) is 7.27. The van der Waals surface area contributed by atoms with E-state index in [1.165, 1.54) is 6.42 Å². The minimum Gasteiger partial charge on any atom is -0.497 e. The van der Waals surface area contributed by atoms with Crippen molar-refractivity contribution in [1.82, 2.24) is 4.90 Å². The second-order valence-electron chi connectivity index (χ2n) is 5.73. The van der Waals surface area contributed by atoms with E-state index in [0.717, 1.165) is 37.4 Å². The second kappa shape index (κ2) is 7.57. The van der Waals surface area contributed by atoms with Crippen LogP contribution in [0.3, 0.4) is 0 Å². The zero-order chi connectivity index (χ0) is 15.2. The summed E-state index contributed by atoms with van der Waals surface area (Å²) in [6.07, 6.45) is 2.32. The van der Waals surface area contributed by atoms with Gasteiger partial charge >= 0.3 is 0 Å². The number of hydrogen-bond donors (Lipinski definition) is 0. The van der Waals surface area contributed by atoms with Crippen molar-refractivity contribution < 1.29 is 14.3 Å². The van der Waals surface area contributed by atoms with Gasteiger partial charge < -0.3 is 9.47 Å². The van der Waals surface area contributed by atoms with Crippen LogP contribution in [0.5, 0.6) is 5.75 Å². The average molecular weight is 291 g/mol. The van der Waals surface area contributed by atoms with Crippen molar-refractivity contribution in [1.29, 1.82) is 0 Å². The van der Waals surface area contributed by atoms with Gasteiger partial charge in [0.05, 0.1) is 19.8 Å². The molecule has 21 heavy (non-hydrogen) atoms. The number of ketones is 1. The molecule has 1 aliphatic rings. The molecule has 116 valence electrons. The Morgan fingerprint density at radius 2 is 2.05 bits per heavy atom. The highest BCUT2D eigenvalue weighted by Crippen LogP contribution is 2.21. The predicted molar refractivity (Wildman–Crippen MR) is 83.0 cm³/mol. The van der Waals surface area contributed by atoms with Crippen molar-refractivity contribution >= 4 is 5.78 Å². The predicted octanol–water partition coefficient (Wildman–Crippen LogP) is 2.62. The smallest absolute Gasteiger partial charge is 0.179 e. The molecule has 0 aromatic heterocycles. The summed E-state index contributed by atoms with van der Waals surface area (Å²) < 4.78 is 10.4. The summed E-state index contributed by atoms with van der Waals surface area (Å²) in [7, 11) is 3.37. The first kappa shape index (κ1) is 16.0. The lowest BCUT2D eigenvalue weighted by Gasteiger charge is -2.35. The van der Waals surface area contributed by atoms with E-state index in [4.69, 9.17) is 9.47 Å². The van der Waals surface area contributed by atoms with Crippen molar-refractivity contribution in [3.8, 4) is 5.75 Å². The molecule has 2 unspecified atom stereocenters. The Labute approximate surface area is 127 Å². The van der Waals surface area contributed by atoms with E-state index in [1.807, 2.05) is 31.2 Å². The number of likely N-dealkylation sites (tertiary alicyclic amines) is 1. The van der Waals surface area contributed by atoms with Gasteiger partial charge in [0.2, 0.25) is 0 Å². The van der Waals surface area contributed by atoms with Crippen LogP contribution >= 0.6 is 0 Å². The van der Waals surface area contributed by atoms with E-state index < -0.39 is 0 Å². The summed E-state index contributed by atoms with van der Waals surface area (Å²) in [5, 5.41) is 0. The normalized spacial score (nSPS) is 21.0. The standard InChI is InChI=1S/C17H25NO3/c1-13(18-10-4-5-14(11-18)12-20-2)17(19)15-6-8-16(21-3)9-7-15/h6-9,13-14H,4-5,10-12H2,1-3H3. The fourth-order valence-corrected chi connectivity index (χ4v) is 2.98. The lowest BCUT2D eigenvalue weighted by Crippen LogP contribution is -2.46. The maximum atomic E-state index is 12.6. The van der Waals surface area contributed by atoms with Gasteiger partial charge in [-0.25, -0.2) is 0 Å². The SMILES string of the molecule is COCC1CCCN(C(C)C(=O)c2ccc(OC)cc2)C1. The number of rotatable bonds is 6. The number of benzene rings is 1. The first-order valence-electron chi connectivity index (χ1n) is 7.57. The fourth-order valence-electron chi connectivity index (χ4n) is 2.98. The zero-order valence-corrected chi connectivity index (χ0v) is 13.2. The molecular formula is C17H25NO3. The van der Waals surface area contributed by atoms with E-state index in [1.54, 1.807) is 14.2 Å². The fraction of sp³-hybridized carbons (Fsp3) is 0.588. The highest BCUT2D eigenvalue weighted by Gasteiger charge is 2.27. The molecule has 4 heteroatoms. The monoisotopic (exact) mass is 291 g/mol. The third kappa shape index (κ3) is 4.05. The molecule has 1 fully saturated rings. The molecule has 0 amide bonds. The number of piperidine rings is 1. The van der Waals surface area contributed by atoms with Crippen LogP contribution in [0, 0.1) is 5.92 Å². The summed E-state index contributed by atoms with van der Waals surface area (Å²) in [5.74, 6) is 1.49. The lowest BCUT2D eigenvalue weighted by atomic mass is 9.95. The van der Waals surface area contributed by atoms with Gasteiger partial charge in [-0.1, -0.05) is 0 Å². The van der Waals surface area contributed by atoms with Crippen molar-refractivity contribution in [2.24, 2.45) is 5.92 Å². The van der Waals surface area contributed by atoms with Crippen LogP contribution in [0.2, 0.25) is 0 Å². The van der Waals surface area contributed by atoms with Crippen LogP contribution in [0.15, 0.2) is 24.3 Å². The molecule has 2 rings (SSSR count). The van der Waals surface area contributed by atoms with Crippen LogP contribution < -0.4 is 4.74 Å². The minimum atomic E-state index is -0.0851. The van der Waals surface area contributed by atoms with E-state index in [2.05, 4.69) is 4.90 Å². The Morgan fingerprint density at radius 1 is 1.33 bits per heavy atom. The molecule has 0 N–H and O–H groups in total. The van der Waals surface area contributed by atoms with E-state index in [-0.39, 0.29) is 11.8 Å². The van der Waals surface area contributed by atoms with Crippen molar-refractivity contribution in [2.45, 2.75) is 25.8 Å². The highest BCUT2D eigenvalue weighted by molar-refractivity contribution is 5.99. The molecule has 1 saturated heterocycles. The molecular weight excluding hydrogens is 266 g/mol. The van der Waals surface area contributed by atoms with Gasteiger partial charge in [0, 0.05) is 19.2 Å². The Balaban J connectivity index is 2.00. The molecule has 0 bridgehead atoms. The molecule has 4 nitrogen and oxygen atoms in total. The Hall–Kier alpha value is -1.39. The number of carbonyl (C=O) groups excluding carboxylic acids is 1. The molecule has 1 aromatic carbocycles. The van der Waals surface area contributed by atoms with Gasteiger partial charge in [0.1, 0.15) is 5.75 Å². The summed E-state index contributed by atoms with van der Waals surface area (Å²) in [5.41, 5.74) is 0.747. The average Bonchev–Trinajstić information content (AvgIpc) is 2.54. The maximum absolute atomic E-state index is 12.6. The first-order chi connectivity index (χ1) is 10.2. The van der Waals surface area contributed by atoms with Crippen LogP contribution in [0.25, 0.3) is 0 Å². The maximum Gasteiger partial charge on any atom is 0.179 e. The van der Waals surface area contributed by atoms with Gasteiger partial charge in [-0.2, -0.15) is 0 Å².